The quantitative estimate of drug-likeness (QED) is 0.658. The molecule has 0 fully saturated rings. The van der Waals surface area contributed by atoms with Crippen LogP contribution in [-0.2, 0) is 16.6 Å². The zero-order chi connectivity index (χ0) is 20.6. The van der Waals surface area contributed by atoms with Gasteiger partial charge in [0.15, 0.2) is 0 Å². The number of sulfonamides is 1. The normalized spacial score (nSPS) is 13.4. The summed E-state index contributed by atoms with van der Waals surface area (Å²) in [6, 6.07) is 9.81. The molecule has 10 heteroatoms. The number of alkyl halides is 2. The maximum absolute atomic E-state index is 12.8. The van der Waals surface area contributed by atoms with Crippen molar-refractivity contribution in [1.82, 2.24) is 14.5 Å². The van der Waals surface area contributed by atoms with E-state index in [1.807, 2.05) is 0 Å². The molecule has 0 saturated heterocycles. The van der Waals surface area contributed by atoms with Gasteiger partial charge in [-0.3, -0.25) is 0 Å². The van der Waals surface area contributed by atoms with Crippen molar-refractivity contribution in [3.8, 4) is 28.5 Å². The van der Waals surface area contributed by atoms with E-state index in [1.54, 1.807) is 10.9 Å². The number of aromatic nitrogens is 2. The SMILES string of the molecule is CNS(=O)(=O)c1ccc(Oc2ccc(C(F)F)cc2)c(-c2cnn3c2OCC3)c1. The van der Waals surface area contributed by atoms with Crippen LogP contribution in [-0.4, -0.2) is 31.9 Å². The highest BCUT2D eigenvalue weighted by Gasteiger charge is 2.24. The molecule has 3 aromatic rings. The van der Waals surface area contributed by atoms with Crippen molar-refractivity contribution < 1.29 is 26.7 Å². The van der Waals surface area contributed by atoms with Gasteiger partial charge in [0.2, 0.25) is 15.9 Å². The summed E-state index contributed by atoms with van der Waals surface area (Å²) in [7, 11) is -2.36. The van der Waals surface area contributed by atoms with Gasteiger partial charge in [-0.15, -0.1) is 0 Å². The molecule has 29 heavy (non-hydrogen) atoms. The van der Waals surface area contributed by atoms with E-state index in [4.69, 9.17) is 9.47 Å². The van der Waals surface area contributed by atoms with Gasteiger partial charge in [-0.1, -0.05) is 0 Å². The zero-order valence-electron chi connectivity index (χ0n) is 15.3. The molecule has 1 aromatic heterocycles. The molecule has 1 aliphatic heterocycles. The van der Waals surface area contributed by atoms with Gasteiger partial charge < -0.3 is 9.47 Å². The van der Waals surface area contributed by atoms with E-state index in [9.17, 15) is 17.2 Å². The Kier molecular flexibility index (Phi) is 4.97. The number of hydrogen-bond donors (Lipinski definition) is 1. The number of ether oxygens (including phenoxy) is 2. The first kappa shape index (κ1) is 19.3. The molecule has 0 unspecified atom stereocenters. The molecule has 4 rings (SSSR count). The Hall–Kier alpha value is -2.98. The minimum absolute atomic E-state index is 0.0494. The summed E-state index contributed by atoms with van der Waals surface area (Å²) < 4.78 is 65.5. The third kappa shape index (κ3) is 3.68. The molecule has 2 heterocycles. The van der Waals surface area contributed by atoms with Crippen molar-refractivity contribution in [3.05, 3.63) is 54.2 Å². The number of halogens is 2. The molecular formula is C19H17F2N3O4S. The second-order valence-electron chi connectivity index (χ2n) is 6.27. The van der Waals surface area contributed by atoms with Crippen LogP contribution in [0.5, 0.6) is 17.4 Å². The minimum atomic E-state index is -3.69. The first-order chi connectivity index (χ1) is 13.9. The molecule has 2 aromatic carbocycles. The number of nitrogens with zero attached hydrogens (tertiary/aromatic N) is 2. The molecule has 0 radical (unpaired) electrons. The van der Waals surface area contributed by atoms with E-state index >= 15 is 0 Å². The monoisotopic (exact) mass is 421 g/mol. The molecule has 7 nitrogen and oxygen atoms in total. The molecule has 0 saturated carbocycles. The molecule has 152 valence electrons. The van der Waals surface area contributed by atoms with Crippen LogP contribution in [0.1, 0.15) is 12.0 Å². The van der Waals surface area contributed by atoms with Crippen LogP contribution in [0, 0.1) is 0 Å². The second kappa shape index (κ2) is 7.45. The van der Waals surface area contributed by atoms with Crippen LogP contribution >= 0.6 is 0 Å². The number of benzene rings is 2. The predicted molar refractivity (Wildman–Crippen MR) is 101 cm³/mol. The van der Waals surface area contributed by atoms with E-state index in [2.05, 4.69) is 9.82 Å². The summed E-state index contributed by atoms with van der Waals surface area (Å²) in [5, 5.41) is 4.25. The Morgan fingerprint density at radius 1 is 1.17 bits per heavy atom. The first-order valence-electron chi connectivity index (χ1n) is 8.71. The van der Waals surface area contributed by atoms with E-state index in [0.717, 1.165) is 0 Å². The average molecular weight is 421 g/mol. The maximum Gasteiger partial charge on any atom is 0.263 e. The molecule has 0 spiro atoms. The third-order valence-electron chi connectivity index (χ3n) is 4.51. The van der Waals surface area contributed by atoms with Crippen LogP contribution in [0.4, 0.5) is 8.78 Å². The fraction of sp³-hybridized carbons (Fsp3) is 0.211. The van der Waals surface area contributed by atoms with Gasteiger partial charge in [0.1, 0.15) is 18.1 Å². The van der Waals surface area contributed by atoms with Crippen molar-refractivity contribution in [1.29, 1.82) is 0 Å². The molecule has 1 N–H and O–H groups in total. The third-order valence-corrected chi connectivity index (χ3v) is 5.93. The summed E-state index contributed by atoms with van der Waals surface area (Å²) in [6.45, 7) is 1.06. The number of rotatable bonds is 6. The van der Waals surface area contributed by atoms with E-state index in [-0.39, 0.29) is 10.5 Å². The van der Waals surface area contributed by atoms with Gasteiger partial charge in [0, 0.05) is 11.1 Å². The summed E-state index contributed by atoms with van der Waals surface area (Å²) in [5.74, 6) is 1.20. The molecule has 0 amide bonds. The minimum Gasteiger partial charge on any atom is -0.475 e. The lowest BCUT2D eigenvalue weighted by Gasteiger charge is -2.13. The zero-order valence-corrected chi connectivity index (χ0v) is 16.1. The van der Waals surface area contributed by atoms with E-state index in [1.165, 1.54) is 49.5 Å². The van der Waals surface area contributed by atoms with Gasteiger partial charge in [-0.2, -0.15) is 5.10 Å². The first-order valence-corrected chi connectivity index (χ1v) is 10.2. The van der Waals surface area contributed by atoms with Gasteiger partial charge in [-0.05, 0) is 49.5 Å². The lowest BCUT2D eigenvalue weighted by atomic mass is 10.1. The van der Waals surface area contributed by atoms with Crippen LogP contribution in [0.2, 0.25) is 0 Å². The molecular weight excluding hydrogens is 404 g/mol. The van der Waals surface area contributed by atoms with E-state index < -0.39 is 16.4 Å². The summed E-state index contributed by atoms with van der Waals surface area (Å²) in [4.78, 5) is 0.0494. The Bertz CT molecular complexity index is 1140. The number of fused-ring (bicyclic) bond motifs is 1. The highest BCUT2D eigenvalue weighted by Crippen LogP contribution is 2.41. The average Bonchev–Trinajstić information content (AvgIpc) is 3.32. The summed E-state index contributed by atoms with van der Waals surface area (Å²) in [5.41, 5.74) is 0.924. The molecule has 0 atom stereocenters. The van der Waals surface area contributed by atoms with Crippen molar-refractivity contribution in [2.75, 3.05) is 13.7 Å². The predicted octanol–water partition coefficient (Wildman–Crippen LogP) is 3.58. The van der Waals surface area contributed by atoms with Crippen molar-refractivity contribution in [2.45, 2.75) is 17.9 Å². The smallest absolute Gasteiger partial charge is 0.263 e. The summed E-state index contributed by atoms with van der Waals surface area (Å²) in [6.07, 6.45) is -0.996. The second-order valence-corrected chi connectivity index (χ2v) is 8.16. The highest BCUT2D eigenvalue weighted by atomic mass is 32.2. The Morgan fingerprint density at radius 2 is 1.93 bits per heavy atom. The summed E-state index contributed by atoms with van der Waals surface area (Å²) >= 11 is 0. The Labute approximate surface area is 165 Å². The van der Waals surface area contributed by atoms with Crippen molar-refractivity contribution in [2.24, 2.45) is 0 Å². The molecule has 0 aliphatic carbocycles. The number of nitrogens with one attached hydrogen (secondary N) is 1. The van der Waals surface area contributed by atoms with Crippen LogP contribution in [0.15, 0.2) is 53.6 Å². The Balaban J connectivity index is 1.78. The fourth-order valence-electron chi connectivity index (χ4n) is 3.00. The topological polar surface area (TPSA) is 82.5 Å². The van der Waals surface area contributed by atoms with Crippen LogP contribution in [0.3, 0.4) is 0 Å². The lowest BCUT2D eigenvalue weighted by molar-refractivity contribution is 0.151. The maximum atomic E-state index is 12.8. The van der Waals surface area contributed by atoms with Gasteiger partial charge in [-0.25, -0.2) is 26.6 Å². The van der Waals surface area contributed by atoms with Gasteiger partial charge in [0.05, 0.1) is 23.2 Å². The highest BCUT2D eigenvalue weighted by molar-refractivity contribution is 7.89. The molecule has 0 bridgehead atoms. The fourth-order valence-corrected chi connectivity index (χ4v) is 3.76. The van der Waals surface area contributed by atoms with E-state index in [0.29, 0.717) is 41.7 Å². The van der Waals surface area contributed by atoms with Crippen molar-refractivity contribution >= 4 is 10.0 Å². The van der Waals surface area contributed by atoms with Crippen molar-refractivity contribution in [3.63, 3.8) is 0 Å². The van der Waals surface area contributed by atoms with Crippen LogP contribution < -0.4 is 14.2 Å². The van der Waals surface area contributed by atoms with Gasteiger partial charge in [0.25, 0.3) is 6.43 Å². The molecule has 1 aliphatic rings. The Morgan fingerprint density at radius 3 is 2.62 bits per heavy atom. The largest absolute Gasteiger partial charge is 0.475 e. The lowest BCUT2D eigenvalue weighted by Crippen LogP contribution is -2.18. The standard InChI is InChI=1S/C19H17F2N3O4S/c1-22-29(25,26)14-6-7-17(28-13-4-2-12(3-5-13)18(20)21)15(10-14)16-11-23-24-8-9-27-19(16)24/h2-7,10-11,18,22H,8-9H2,1H3. The van der Waals surface area contributed by atoms with Crippen LogP contribution in [0.25, 0.3) is 11.1 Å². The number of hydrogen-bond acceptors (Lipinski definition) is 5. The van der Waals surface area contributed by atoms with Gasteiger partial charge >= 0.3 is 0 Å².